The van der Waals surface area contributed by atoms with Crippen LogP contribution in [-0.2, 0) is 4.79 Å². The summed E-state index contributed by atoms with van der Waals surface area (Å²) < 4.78 is 0. The number of hydrogen-bond acceptors (Lipinski definition) is 2. The standard InChI is InChI=1S/C12H21NO2/c1-10(2)7-11(15)13-8-12(9-14)5-3-4-6-12/h7,14H,3-6,8-9H2,1-2H3,(H,13,15). The van der Waals surface area contributed by atoms with Gasteiger partial charge in [0.2, 0.25) is 5.91 Å². The van der Waals surface area contributed by atoms with Gasteiger partial charge in [0, 0.05) is 18.0 Å². The van der Waals surface area contributed by atoms with E-state index < -0.39 is 0 Å². The van der Waals surface area contributed by atoms with Crippen LogP contribution in [0.4, 0.5) is 0 Å². The predicted octanol–water partition coefficient (Wildman–Crippen LogP) is 1.62. The van der Waals surface area contributed by atoms with Crippen molar-refractivity contribution in [1.82, 2.24) is 5.32 Å². The minimum absolute atomic E-state index is 0.0466. The van der Waals surface area contributed by atoms with E-state index in [9.17, 15) is 9.90 Å². The van der Waals surface area contributed by atoms with Crippen LogP contribution in [0.25, 0.3) is 0 Å². The van der Waals surface area contributed by atoms with Crippen LogP contribution in [0.15, 0.2) is 11.6 Å². The van der Waals surface area contributed by atoms with E-state index in [0.29, 0.717) is 6.54 Å². The number of aliphatic hydroxyl groups is 1. The van der Waals surface area contributed by atoms with Gasteiger partial charge in [-0.2, -0.15) is 0 Å². The summed E-state index contributed by atoms with van der Waals surface area (Å²) in [5.74, 6) is -0.0466. The molecule has 0 aromatic heterocycles. The second kappa shape index (κ2) is 5.31. The summed E-state index contributed by atoms with van der Waals surface area (Å²) in [5.41, 5.74) is 0.947. The van der Waals surface area contributed by atoms with Crippen molar-refractivity contribution in [2.24, 2.45) is 5.41 Å². The Labute approximate surface area is 91.6 Å². The Hall–Kier alpha value is -0.830. The summed E-state index contributed by atoms with van der Waals surface area (Å²) in [7, 11) is 0. The van der Waals surface area contributed by atoms with E-state index in [0.717, 1.165) is 18.4 Å². The Morgan fingerprint density at radius 3 is 2.47 bits per heavy atom. The smallest absolute Gasteiger partial charge is 0.243 e. The maximum Gasteiger partial charge on any atom is 0.243 e. The molecule has 0 saturated heterocycles. The Morgan fingerprint density at radius 1 is 1.40 bits per heavy atom. The second-order valence-corrected chi connectivity index (χ2v) is 4.80. The van der Waals surface area contributed by atoms with Crippen molar-refractivity contribution in [3.63, 3.8) is 0 Å². The molecule has 3 heteroatoms. The van der Waals surface area contributed by atoms with Crippen molar-refractivity contribution in [2.45, 2.75) is 39.5 Å². The highest BCUT2D eigenvalue weighted by molar-refractivity contribution is 5.88. The Morgan fingerprint density at radius 2 is 2.00 bits per heavy atom. The van der Waals surface area contributed by atoms with Crippen LogP contribution in [-0.4, -0.2) is 24.2 Å². The van der Waals surface area contributed by atoms with E-state index in [-0.39, 0.29) is 17.9 Å². The van der Waals surface area contributed by atoms with Crippen molar-refractivity contribution in [3.8, 4) is 0 Å². The zero-order valence-corrected chi connectivity index (χ0v) is 9.68. The first-order chi connectivity index (χ1) is 7.08. The van der Waals surface area contributed by atoms with Crippen LogP contribution in [0, 0.1) is 5.41 Å². The molecule has 0 unspecified atom stereocenters. The number of aliphatic hydroxyl groups excluding tert-OH is 1. The largest absolute Gasteiger partial charge is 0.396 e. The average Bonchev–Trinajstić information content (AvgIpc) is 2.63. The van der Waals surface area contributed by atoms with E-state index in [1.807, 2.05) is 13.8 Å². The molecule has 3 nitrogen and oxygen atoms in total. The van der Waals surface area contributed by atoms with Gasteiger partial charge in [0.25, 0.3) is 0 Å². The molecule has 0 radical (unpaired) electrons. The first-order valence-electron chi connectivity index (χ1n) is 5.62. The normalized spacial score (nSPS) is 18.6. The van der Waals surface area contributed by atoms with E-state index >= 15 is 0 Å². The van der Waals surface area contributed by atoms with Gasteiger partial charge in [-0.3, -0.25) is 4.79 Å². The molecule has 0 heterocycles. The molecule has 1 aliphatic rings. The highest BCUT2D eigenvalue weighted by Crippen LogP contribution is 2.36. The lowest BCUT2D eigenvalue weighted by Gasteiger charge is -2.26. The lowest BCUT2D eigenvalue weighted by atomic mass is 9.87. The fraction of sp³-hybridized carbons (Fsp3) is 0.750. The van der Waals surface area contributed by atoms with Crippen LogP contribution < -0.4 is 5.32 Å². The molecule has 1 rings (SSSR count). The van der Waals surface area contributed by atoms with Gasteiger partial charge in [-0.15, -0.1) is 0 Å². The molecule has 0 bridgehead atoms. The topological polar surface area (TPSA) is 49.3 Å². The zero-order valence-electron chi connectivity index (χ0n) is 9.68. The lowest BCUT2D eigenvalue weighted by Crippen LogP contribution is -2.37. The molecule has 0 aliphatic heterocycles. The molecule has 1 amide bonds. The Bertz CT molecular complexity index is 248. The zero-order chi connectivity index (χ0) is 11.3. The van der Waals surface area contributed by atoms with E-state index in [4.69, 9.17) is 0 Å². The van der Waals surface area contributed by atoms with Gasteiger partial charge in [0.1, 0.15) is 0 Å². The van der Waals surface area contributed by atoms with Crippen molar-refractivity contribution < 1.29 is 9.90 Å². The van der Waals surface area contributed by atoms with Gasteiger partial charge in [0.15, 0.2) is 0 Å². The molecule has 15 heavy (non-hydrogen) atoms. The molecule has 0 aromatic carbocycles. The first kappa shape index (κ1) is 12.2. The van der Waals surface area contributed by atoms with Gasteiger partial charge in [-0.05, 0) is 26.7 Å². The molecule has 0 spiro atoms. The van der Waals surface area contributed by atoms with Crippen LogP contribution in [0.3, 0.4) is 0 Å². The van der Waals surface area contributed by atoms with Crippen LogP contribution in [0.5, 0.6) is 0 Å². The highest BCUT2D eigenvalue weighted by atomic mass is 16.3. The van der Waals surface area contributed by atoms with E-state index in [1.165, 1.54) is 12.8 Å². The molecule has 1 saturated carbocycles. The molecule has 1 aliphatic carbocycles. The van der Waals surface area contributed by atoms with Gasteiger partial charge in [0.05, 0.1) is 6.61 Å². The third-order valence-electron chi connectivity index (χ3n) is 3.06. The lowest BCUT2D eigenvalue weighted by molar-refractivity contribution is -0.117. The molecule has 0 atom stereocenters. The Kier molecular flexibility index (Phi) is 4.33. The monoisotopic (exact) mass is 211 g/mol. The predicted molar refractivity (Wildman–Crippen MR) is 60.4 cm³/mol. The number of nitrogens with one attached hydrogen (secondary N) is 1. The number of amides is 1. The third kappa shape index (κ3) is 3.67. The van der Waals surface area contributed by atoms with E-state index in [1.54, 1.807) is 6.08 Å². The van der Waals surface area contributed by atoms with Crippen LogP contribution in [0.2, 0.25) is 0 Å². The van der Waals surface area contributed by atoms with Crippen molar-refractivity contribution in [1.29, 1.82) is 0 Å². The summed E-state index contributed by atoms with van der Waals surface area (Å²) in [6.45, 7) is 4.59. The minimum Gasteiger partial charge on any atom is -0.396 e. The summed E-state index contributed by atoms with van der Waals surface area (Å²) in [5, 5.41) is 12.2. The van der Waals surface area contributed by atoms with Gasteiger partial charge in [-0.25, -0.2) is 0 Å². The van der Waals surface area contributed by atoms with Crippen molar-refractivity contribution in [2.75, 3.05) is 13.2 Å². The van der Waals surface area contributed by atoms with Crippen molar-refractivity contribution in [3.05, 3.63) is 11.6 Å². The fourth-order valence-electron chi connectivity index (χ4n) is 2.10. The molecule has 2 N–H and O–H groups in total. The number of carbonyl (C=O) groups excluding carboxylic acids is 1. The molecular weight excluding hydrogens is 190 g/mol. The molecular formula is C12H21NO2. The Balaban J connectivity index is 2.41. The first-order valence-corrected chi connectivity index (χ1v) is 5.62. The summed E-state index contributed by atoms with van der Waals surface area (Å²) >= 11 is 0. The summed E-state index contributed by atoms with van der Waals surface area (Å²) in [6, 6.07) is 0. The van der Waals surface area contributed by atoms with Crippen LogP contribution >= 0.6 is 0 Å². The average molecular weight is 211 g/mol. The van der Waals surface area contributed by atoms with E-state index in [2.05, 4.69) is 5.32 Å². The highest BCUT2D eigenvalue weighted by Gasteiger charge is 2.33. The number of allylic oxidation sites excluding steroid dienone is 1. The van der Waals surface area contributed by atoms with Gasteiger partial charge < -0.3 is 10.4 Å². The number of rotatable bonds is 4. The number of hydrogen-bond donors (Lipinski definition) is 2. The molecule has 86 valence electrons. The summed E-state index contributed by atoms with van der Waals surface area (Å²) in [6.07, 6.45) is 5.98. The SMILES string of the molecule is CC(C)=CC(=O)NCC1(CO)CCCC1. The second-order valence-electron chi connectivity index (χ2n) is 4.80. The minimum atomic E-state index is -0.0505. The third-order valence-corrected chi connectivity index (χ3v) is 3.06. The van der Waals surface area contributed by atoms with Gasteiger partial charge >= 0.3 is 0 Å². The fourth-order valence-corrected chi connectivity index (χ4v) is 2.10. The summed E-state index contributed by atoms with van der Waals surface area (Å²) in [4.78, 5) is 11.4. The number of carbonyl (C=O) groups is 1. The molecule has 0 aromatic rings. The van der Waals surface area contributed by atoms with Crippen molar-refractivity contribution >= 4 is 5.91 Å². The quantitative estimate of drug-likeness (QED) is 0.694. The maximum absolute atomic E-state index is 11.4. The van der Waals surface area contributed by atoms with Gasteiger partial charge in [-0.1, -0.05) is 18.4 Å². The van der Waals surface area contributed by atoms with Crippen LogP contribution in [0.1, 0.15) is 39.5 Å². The molecule has 1 fully saturated rings. The maximum atomic E-state index is 11.4.